The Morgan fingerprint density at radius 1 is 1.24 bits per heavy atom. The lowest BCUT2D eigenvalue weighted by atomic mass is 9.84. The first-order chi connectivity index (χ1) is 10.1. The molecule has 2 nitrogen and oxygen atoms in total. The van der Waals surface area contributed by atoms with E-state index in [2.05, 4.69) is 12.1 Å². The Bertz CT molecular complexity index is 666. The molecule has 110 valence electrons. The van der Waals surface area contributed by atoms with Crippen LogP contribution in [0.25, 0.3) is 0 Å². The molecule has 1 aliphatic carbocycles. The van der Waals surface area contributed by atoms with Crippen molar-refractivity contribution in [3.63, 3.8) is 0 Å². The van der Waals surface area contributed by atoms with Crippen molar-refractivity contribution in [3.8, 4) is 0 Å². The Morgan fingerprint density at radius 3 is 2.86 bits per heavy atom. The van der Waals surface area contributed by atoms with Gasteiger partial charge in [0.05, 0.1) is 10.8 Å². The van der Waals surface area contributed by atoms with Crippen molar-refractivity contribution in [2.75, 3.05) is 11.5 Å². The van der Waals surface area contributed by atoms with Crippen LogP contribution in [0.3, 0.4) is 0 Å². The predicted molar refractivity (Wildman–Crippen MR) is 84.2 cm³/mol. The van der Waals surface area contributed by atoms with E-state index in [-0.39, 0.29) is 5.92 Å². The monoisotopic (exact) mass is 303 g/mol. The molecule has 0 fully saturated rings. The Balaban J connectivity index is 1.82. The van der Waals surface area contributed by atoms with Crippen LogP contribution in [0.2, 0.25) is 0 Å². The topological polar surface area (TPSA) is 43.1 Å². The summed E-state index contributed by atoms with van der Waals surface area (Å²) in [4.78, 5) is 0.482. The number of rotatable bonds is 3. The van der Waals surface area contributed by atoms with Gasteiger partial charge >= 0.3 is 0 Å². The highest BCUT2D eigenvalue weighted by Crippen LogP contribution is 2.33. The van der Waals surface area contributed by atoms with E-state index in [4.69, 9.17) is 5.73 Å². The second-order valence-corrected chi connectivity index (χ2v) is 7.02. The molecule has 0 heterocycles. The fourth-order valence-corrected chi connectivity index (χ4v) is 4.44. The number of benzene rings is 2. The van der Waals surface area contributed by atoms with Crippen LogP contribution in [-0.4, -0.2) is 9.96 Å². The highest BCUT2D eigenvalue weighted by molar-refractivity contribution is 7.85. The molecule has 4 heteroatoms. The summed E-state index contributed by atoms with van der Waals surface area (Å²) in [6, 6.07) is 12.5. The van der Waals surface area contributed by atoms with Crippen LogP contribution in [0.15, 0.2) is 47.4 Å². The molecule has 21 heavy (non-hydrogen) atoms. The number of hydrogen-bond acceptors (Lipinski definition) is 2. The van der Waals surface area contributed by atoms with Gasteiger partial charge in [0.2, 0.25) is 0 Å². The first-order valence-electron chi connectivity index (χ1n) is 7.16. The third-order valence-corrected chi connectivity index (χ3v) is 5.47. The molecule has 2 atom stereocenters. The van der Waals surface area contributed by atoms with Crippen molar-refractivity contribution in [2.24, 2.45) is 0 Å². The molecule has 0 radical (unpaired) electrons. The fraction of sp³-hybridized carbons (Fsp3) is 0.294. The zero-order valence-electron chi connectivity index (χ0n) is 11.7. The molecule has 2 aromatic rings. The van der Waals surface area contributed by atoms with Gasteiger partial charge < -0.3 is 5.73 Å². The van der Waals surface area contributed by atoms with E-state index in [1.54, 1.807) is 6.07 Å². The first kappa shape index (κ1) is 14.3. The van der Waals surface area contributed by atoms with E-state index in [0.717, 1.165) is 19.3 Å². The van der Waals surface area contributed by atoms with Crippen molar-refractivity contribution >= 4 is 16.5 Å². The summed E-state index contributed by atoms with van der Waals surface area (Å²) in [5.74, 6) is 0.377. The number of hydrogen-bond donors (Lipinski definition) is 1. The minimum atomic E-state index is -1.23. The van der Waals surface area contributed by atoms with Crippen LogP contribution in [0.4, 0.5) is 10.1 Å². The molecule has 2 aromatic carbocycles. The molecule has 0 amide bonds. The van der Waals surface area contributed by atoms with Gasteiger partial charge in [-0.15, -0.1) is 0 Å². The van der Waals surface area contributed by atoms with Crippen molar-refractivity contribution < 1.29 is 8.60 Å². The normalized spacial score (nSPS) is 19.0. The largest absolute Gasteiger partial charge is 0.399 e. The van der Waals surface area contributed by atoms with Crippen LogP contribution in [-0.2, 0) is 17.2 Å². The number of nitrogens with two attached hydrogens (primary N) is 1. The average Bonchev–Trinajstić information content (AvgIpc) is 2.46. The molecule has 0 aliphatic heterocycles. The quantitative estimate of drug-likeness (QED) is 0.880. The standard InChI is InChI=1S/C17H18FNOS/c18-14-8-15(19)10-16(9-14)21(20)11-13-6-3-5-12-4-1-2-7-17(12)13/h1-2,4,7-10,13H,3,5-6,11,19H2. The Kier molecular flexibility index (Phi) is 4.06. The number of aryl methyl sites for hydroxylation is 1. The number of halogens is 1. The van der Waals surface area contributed by atoms with E-state index in [0.29, 0.717) is 16.3 Å². The second kappa shape index (κ2) is 5.98. The van der Waals surface area contributed by atoms with Crippen LogP contribution < -0.4 is 5.73 Å². The maximum atomic E-state index is 13.4. The van der Waals surface area contributed by atoms with E-state index in [9.17, 15) is 8.60 Å². The SMILES string of the molecule is Nc1cc(F)cc(S(=O)CC2CCCc3ccccc32)c1. The fourth-order valence-electron chi connectivity index (χ4n) is 3.02. The summed E-state index contributed by atoms with van der Waals surface area (Å²) >= 11 is 0. The molecule has 0 aromatic heterocycles. The highest BCUT2D eigenvalue weighted by atomic mass is 32.2. The lowest BCUT2D eigenvalue weighted by Gasteiger charge is -2.25. The van der Waals surface area contributed by atoms with Gasteiger partial charge in [0.1, 0.15) is 5.82 Å². The molecule has 2 N–H and O–H groups in total. The highest BCUT2D eigenvalue weighted by Gasteiger charge is 2.22. The van der Waals surface area contributed by atoms with Crippen molar-refractivity contribution in [3.05, 3.63) is 59.4 Å². The van der Waals surface area contributed by atoms with Crippen LogP contribution in [0, 0.1) is 5.82 Å². The molecule has 0 saturated heterocycles. The third-order valence-electron chi connectivity index (χ3n) is 4.00. The summed E-state index contributed by atoms with van der Waals surface area (Å²) in [5, 5.41) is 0. The molecule has 3 rings (SSSR count). The number of fused-ring (bicyclic) bond motifs is 1. The van der Waals surface area contributed by atoms with Crippen LogP contribution >= 0.6 is 0 Å². The Hall–Kier alpha value is -1.68. The molecular weight excluding hydrogens is 285 g/mol. The molecule has 2 unspecified atom stereocenters. The van der Waals surface area contributed by atoms with Gasteiger partial charge in [0.15, 0.2) is 0 Å². The van der Waals surface area contributed by atoms with Gasteiger partial charge in [-0.2, -0.15) is 0 Å². The van der Waals surface area contributed by atoms with Crippen molar-refractivity contribution in [1.29, 1.82) is 0 Å². The number of anilines is 1. The van der Waals surface area contributed by atoms with Crippen molar-refractivity contribution in [2.45, 2.75) is 30.1 Å². The lowest BCUT2D eigenvalue weighted by molar-refractivity contribution is 0.587. The maximum absolute atomic E-state index is 13.4. The smallest absolute Gasteiger partial charge is 0.126 e. The second-order valence-electron chi connectivity index (χ2n) is 5.52. The van der Waals surface area contributed by atoms with E-state index in [1.165, 1.54) is 23.3 Å². The van der Waals surface area contributed by atoms with Gasteiger partial charge in [-0.1, -0.05) is 24.3 Å². The first-order valence-corrected chi connectivity index (χ1v) is 8.47. The van der Waals surface area contributed by atoms with Gasteiger partial charge in [-0.3, -0.25) is 4.21 Å². The molecule has 0 bridgehead atoms. The van der Waals surface area contributed by atoms with Crippen molar-refractivity contribution in [1.82, 2.24) is 0 Å². The predicted octanol–water partition coefficient (Wildman–Crippen LogP) is 3.64. The average molecular weight is 303 g/mol. The molecule has 0 spiro atoms. The molecule has 1 aliphatic rings. The summed E-state index contributed by atoms with van der Waals surface area (Å²) < 4.78 is 25.9. The minimum Gasteiger partial charge on any atom is -0.399 e. The Morgan fingerprint density at radius 2 is 2.05 bits per heavy atom. The summed E-state index contributed by atoms with van der Waals surface area (Å²) in [6.07, 6.45) is 3.24. The zero-order chi connectivity index (χ0) is 14.8. The van der Waals surface area contributed by atoms with E-state index in [1.807, 2.05) is 12.1 Å². The van der Waals surface area contributed by atoms with Crippen LogP contribution in [0.1, 0.15) is 29.9 Å². The Labute approximate surface area is 126 Å². The maximum Gasteiger partial charge on any atom is 0.126 e. The summed E-state index contributed by atoms with van der Waals surface area (Å²) in [5.41, 5.74) is 8.60. The number of nitrogen functional groups attached to an aromatic ring is 1. The zero-order valence-corrected chi connectivity index (χ0v) is 12.5. The van der Waals surface area contributed by atoms with Gasteiger partial charge in [0.25, 0.3) is 0 Å². The summed E-state index contributed by atoms with van der Waals surface area (Å²) in [6.45, 7) is 0. The van der Waals surface area contributed by atoms with Gasteiger partial charge in [-0.05, 0) is 54.5 Å². The van der Waals surface area contributed by atoms with Gasteiger partial charge in [-0.25, -0.2) is 4.39 Å². The molecular formula is C17H18FNOS. The van der Waals surface area contributed by atoms with E-state index >= 15 is 0 Å². The van der Waals surface area contributed by atoms with Crippen LogP contribution in [0.5, 0.6) is 0 Å². The lowest BCUT2D eigenvalue weighted by Crippen LogP contribution is -2.16. The van der Waals surface area contributed by atoms with E-state index < -0.39 is 16.6 Å². The minimum absolute atomic E-state index is 0.278. The van der Waals surface area contributed by atoms with Gasteiger partial charge in [0, 0.05) is 16.3 Å². The third kappa shape index (κ3) is 3.16. The summed E-state index contributed by atoms with van der Waals surface area (Å²) in [7, 11) is -1.23. The molecule has 0 saturated carbocycles.